The maximum atomic E-state index is 12.2. The van der Waals surface area contributed by atoms with Gasteiger partial charge in [-0.2, -0.15) is 0 Å². The Labute approximate surface area is 106 Å². The van der Waals surface area contributed by atoms with Crippen molar-refractivity contribution in [3.8, 4) is 0 Å². The third kappa shape index (κ3) is 2.51. The van der Waals surface area contributed by atoms with Gasteiger partial charge in [0, 0.05) is 12.2 Å². The first-order valence-corrected chi connectivity index (χ1v) is 5.88. The van der Waals surface area contributed by atoms with Crippen molar-refractivity contribution in [3.05, 3.63) is 30.3 Å². The van der Waals surface area contributed by atoms with Crippen molar-refractivity contribution < 1.29 is 14.7 Å². The van der Waals surface area contributed by atoms with E-state index in [0.717, 1.165) is 5.69 Å². The maximum Gasteiger partial charge on any atom is 0.317 e. The van der Waals surface area contributed by atoms with Crippen molar-refractivity contribution in [3.63, 3.8) is 0 Å². The smallest absolute Gasteiger partial charge is 0.317 e. The van der Waals surface area contributed by atoms with E-state index < -0.39 is 5.97 Å². The topological polar surface area (TPSA) is 60.9 Å². The molecule has 0 saturated carbocycles. The molecule has 1 heterocycles. The SMILES string of the molecule is CN(CC(=O)O)[C@H]1CCN(c2ccccc2)C1=O. The minimum absolute atomic E-state index is 0.0232. The number of likely N-dealkylation sites (N-methyl/N-ethyl adjacent to an activating group) is 1. The largest absolute Gasteiger partial charge is 0.480 e. The summed E-state index contributed by atoms with van der Waals surface area (Å²) in [6, 6.07) is 9.11. The number of para-hydroxylation sites is 1. The Morgan fingerprint density at radius 2 is 2.11 bits per heavy atom. The molecule has 1 amide bonds. The molecule has 0 radical (unpaired) electrons. The van der Waals surface area contributed by atoms with E-state index in [1.54, 1.807) is 16.8 Å². The normalized spacial score (nSPS) is 19.6. The predicted octanol–water partition coefficient (Wildman–Crippen LogP) is 0.808. The summed E-state index contributed by atoms with van der Waals surface area (Å²) in [7, 11) is 1.67. The lowest BCUT2D eigenvalue weighted by Crippen LogP contribution is -2.42. The highest BCUT2D eigenvalue weighted by molar-refractivity contribution is 5.99. The molecule has 1 N–H and O–H groups in total. The summed E-state index contributed by atoms with van der Waals surface area (Å²) < 4.78 is 0. The molecule has 1 fully saturated rings. The number of hydrogen-bond acceptors (Lipinski definition) is 3. The Morgan fingerprint density at radius 3 is 2.72 bits per heavy atom. The van der Waals surface area contributed by atoms with Gasteiger partial charge in [0.05, 0.1) is 12.6 Å². The number of aliphatic carboxylic acids is 1. The number of hydrogen-bond donors (Lipinski definition) is 1. The fraction of sp³-hybridized carbons (Fsp3) is 0.385. The van der Waals surface area contributed by atoms with Gasteiger partial charge < -0.3 is 10.0 Å². The Kier molecular flexibility index (Phi) is 3.62. The number of anilines is 1. The van der Waals surface area contributed by atoms with E-state index in [-0.39, 0.29) is 18.5 Å². The number of rotatable bonds is 4. The molecule has 96 valence electrons. The van der Waals surface area contributed by atoms with Crippen molar-refractivity contribution in [2.45, 2.75) is 12.5 Å². The zero-order valence-electron chi connectivity index (χ0n) is 10.2. The van der Waals surface area contributed by atoms with Crippen LogP contribution in [0.1, 0.15) is 6.42 Å². The van der Waals surface area contributed by atoms with E-state index in [0.29, 0.717) is 13.0 Å². The van der Waals surface area contributed by atoms with Gasteiger partial charge in [-0.05, 0) is 25.6 Å². The minimum atomic E-state index is -0.913. The van der Waals surface area contributed by atoms with E-state index in [2.05, 4.69) is 0 Å². The van der Waals surface area contributed by atoms with Gasteiger partial charge in [-0.15, -0.1) is 0 Å². The first-order valence-electron chi connectivity index (χ1n) is 5.88. The molecule has 0 bridgehead atoms. The van der Waals surface area contributed by atoms with Crippen molar-refractivity contribution >= 4 is 17.6 Å². The van der Waals surface area contributed by atoms with Crippen molar-refractivity contribution in [1.82, 2.24) is 4.90 Å². The van der Waals surface area contributed by atoms with E-state index in [9.17, 15) is 9.59 Å². The van der Waals surface area contributed by atoms with Gasteiger partial charge >= 0.3 is 5.97 Å². The lowest BCUT2D eigenvalue weighted by Gasteiger charge is -2.22. The summed E-state index contributed by atoms with van der Waals surface area (Å²) in [5.41, 5.74) is 0.869. The monoisotopic (exact) mass is 248 g/mol. The molecule has 0 spiro atoms. The summed E-state index contributed by atoms with van der Waals surface area (Å²) in [4.78, 5) is 26.2. The summed E-state index contributed by atoms with van der Waals surface area (Å²) >= 11 is 0. The summed E-state index contributed by atoms with van der Waals surface area (Å²) in [6.45, 7) is 0.524. The number of carboxylic acids is 1. The molecule has 0 aromatic heterocycles. The van der Waals surface area contributed by atoms with Gasteiger partial charge in [-0.25, -0.2) is 0 Å². The molecule has 0 unspecified atom stereocenters. The lowest BCUT2D eigenvalue weighted by atomic mass is 10.2. The number of amides is 1. The molecular formula is C13H16N2O3. The number of benzene rings is 1. The number of carbonyl (C=O) groups is 2. The van der Waals surface area contributed by atoms with Gasteiger partial charge in [-0.1, -0.05) is 18.2 Å². The molecule has 5 nitrogen and oxygen atoms in total. The molecule has 1 aromatic rings. The highest BCUT2D eigenvalue weighted by Gasteiger charge is 2.35. The second-order valence-corrected chi connectivity index (χ2v) is 4.44. The van der Waals surface area contributed by atoms with Crippen LogP contribution in [0.25, 0.3) is 0 Å². The van der Waals surface area contributed by atoms with Crippen molar-refractivity contribution in [1.29, 1.82) is 0 Å². The third-order valence-corrected chi connectivity index (χ3v) is 3.16. The Morgan fingerprint density at radius 1 is 1.44 bits per heavy atom. The van der Waals surface area contributed by atoms with Gasteiger partial charge in [0.25, 0.3) is 0 Å². The van der Waals surface area contributed by atoms with Gasteiger partial charge in [0.15, 0.2) is 0 Å². The summed E-state index contributed by atoms with van der Waals surface area (Å²) in [5, 5.41) is 8.75. The lowest BCUT2D eigenvalue weighted by molar-refractivity contribution is -0.138. The zero-order chi connectivity index (χ0) is 13.1. The maximum absolute atomic E-state index is 12.2. The van der Waals surface area contributed by atoms with Crippen LogP contribution >= 0.6 is 0 Å². The first kappa shape index (κ1) is 12.6. The van der Waals surface area contributed by atoms with Gasteiger partial charge in [-0.3, -0.25) is 14.5 Å². The van der Waals surface area contributed by atoms with Crippen LogP contribution in [-0.4, -0.2) is 48.1 Å². The summed E-state index contributed by atoms with van der Waals surface area (Å²) in [6.07, 6.45) is 0.664. The van der Waals surface area contributed by atoms with Crippen LogP contribution in [0.4, 0.5) is 5.69 Å². The summed E-state index contributed by atoms with van der Waals surface area (Å²) in [5.74, 6) is -0.937. The standard InChI is InChI=1S/C13H16N2O3/c1-14(9-12(16)17)11-7-8-15(13(11)18)10-5-3-2-4-6-10/h2-6,11H,7-9H2,1H3,(H,16,17)/t11-/m0/s1. The van der Waals surface area contributed by atoms with E-state index in [1.807, 2.05) is 30.3 Å². The van der Waals surface area contributed by atoms with E-state index >= 15 is 0 Å². The fourth-order valence-corrected chi connectivity index (χ4v) is 2.26. The van der Waals surface area contributed by atoms with Crippen LogP contribution in [0.5, 0.6) is 0 Å². The van der Waals surface area contributed by atoms with Crippen LogP contribution in [0.3, 0.4) is 0 Å². The van der Waals surface area contributed by atoms with Crippen molar-refractivity contribution in [2.75, 3.05) is 25.0 Å². The number of carboxylic acid groups (broad SMARTS) is 1. The van der Waals surface area contributed by atoms with Crippen LogP contribution in [0, 0.1) is 0 Å². The quantitative estimate of drug-likeness (QED) is 0.856. The molecule has 1 aliphatic rings. The highest BCUT2D eigenvalue weighted by Crippen LogP contribution is 2.23. The Bertz CT molecular complexity index is 447. The number of carbonyl (C=O) groups excluding carboxylic acids is 1. The van der Waals surface area contributed by atoms with Crippen LogP contribution < -0.4 is 4.90 Å². The second-order valence-electron chi connectivity index (χ2n) is 4.44. The highest BCUT2D eigenvalue weighted by atomic mass is 16.4. The van der Waals surface area contributed by atoms with E-state index in [1.165, 1.54) is 0 Å². The molecule has 18 heavy (non-hydrogen) atoms. The molecule has 1 saturated heterocycles. The third-order valence-electron chi connectivity index (χ3n) is 3.16. The average Bonchev–Trinajstić information content (AvgIpc) is 2.71. The molecule has 0 aliphatic carbocycles. The molecule has 5 heteroatoms. The van der Waals surface area contributed by atoms with Gasteiger partial charge in [0.2, 0.25) is 5.91 Å². The fourth-order valence-electron chi connectivity index (χ4n) is 2.26. The molecule has 1 atom stereocenters. The Hall–Kier alpha value is -1.88. The molecular weight excluding hydrogens is 232 g/mol. The van der Waals surface area contributed by atoms with Crippen LogP contribution in [-0.2, 0) is 9.59 Å². The van der Waals surface area contributed by atoms with Crippen LogP contribution in [0.15, 0.2) is 30.3 Å². The van der Waals surface area contributed by atoms with Gasteiger partial charge in [0.1, 0.15) is 0 Å². The number of nitrogens with zero attached hydrogens (tertiary/aromatic N) is 2. The average molecular weight is 248 g/mol. The molecule has 1 aromatic carbocycles. The predicted molar refractivity (Wildman–Crippen MR) is 67.5 cm³/mol. The zero-order valence-corrected chi connectivity index (χ0v) is 10.2. The van der Waals surface area contributed by atoms with Crippen molar-refractivity contribution in [2.24, 2.45) is 0 Å². The molecule has 2 rings (SSSR count). The van der Waals surface area contributed by atoms with Crippen LogP contribution in [0.2, 0.25) is 0 Å². The molecule has 1 aliphatic heterocycles. The first-order chi connectivity index (χ1) is 8.59. The minimum Gasteiger partial charge on any atom is -0.480 e. The Balaban J connectivity index is 2.08. The second kappa shape index (κ2) is 5.18. The van der Waals surface area contributed by atoms with E-state index in [4.69, 9.17) is 5.11 Å².